The average molecular weight is 584 g/mol. The van der Waals surface area contributed by atoms with E-state index in [-0.39, 0.29) is 23.8 Å². The third-order valence-corrected chi connectivity index (χ3v) is 9.74. The maximum Gasteiger partial charge on any atom is 0.246 e. The Balaban J connectivity index is 1.12. The molecule has 0 radical (unpaired) electrons. The number of fused-ring (bicyclic) bond motifs is 1. The zero-order chi connectivity index (χ0) is 28.7. The van der Waals surface area contributed by atoms with Crippen molar-refractivity contribution in [3.63, 3.8) is 0 Å². The fourth-order valence-electron chi connectivity index (χ4n) is 6.99. The minimum Gasteiger partial charge on any atom is -0.457 e. The highest BCUT2D eigenvalue weighted by Crippen LogP contribution is 2.55. The van der Waals surface area contributed by atoms with Crippen LogP contribution in [0, 0.1) is 11.8 Å². The van der Waals surface area contributed by atoms with Crippen molar-refractivity contribution in [2.45, 2.75) is 62.4 Å². The minimum absolute atomic E-state index is 0.0934. The highest BCUT2D eigenvalue weighted by atomic mass is 32.1. The zero-order valence-corrected chi connectivity index (χ0v) is 23.9. The lowest BCUT2D eigenvalue weighted by Gasteiger charge is -2.34. The number of anilines is 1. The van der Waals surface area contributed by atoms with E-state index in [9.17, 15) is 14.4 Å². The van der Waals surface area contributed by atoms with E-state index in [2.05, 4.69) is 10.6 Å². The lowest BCUT2D eigenvalue weighted by molar-refractivity contribution is -0.142. The molecule has 3 aliphatic heterocycles. The molecule has 1 aromatic heterocycles. The second-order valence-electron chi connectivity index (χ2n) is 11.5. The zero-order valence-electron chi connectivity index (χ0n) is 23.1. The smallest absolute Gasteiger partial charge is 0.246 e. The summed E-state index contributed by atoms with van der Waals surface area (Å²) in [5.74, 6) is -0.881. The van der Waals surface area contributed by atoms with E-state index in [0.29, 0.717) is 18.0 Å². The topological polar surface area (TPSA) is 97.0 Å². The molecule has 2 saturated heterocycles. The summed E-state index contributed by atoms with van der Waals surface area (Å²) < 4.78 is 12.3. The van der Waals surface area contributed by atoms with Gasteiger partial charge >= 0.3 is 0 Å². The van der Waals surface area contributed by atoms with E-state index in [1.54, 1.807) is 40.5 Å². The van der Waals surface area contributed by atoms with Crippen LogP contribution in [0.4, 0.5) is 5.69 Å². The van der Waals surface area contributed by atoms with E-state index >= 15 is 0 Å². The maximum atomic E-state index is 14.1. The predicted octanol–water partition coefficient (Wildman–Crippen LogP) is 5.28. The molecule has 5 atom stereocenters. The summed E-state index contributed by atoms with van der Waals surface area (Å²) in [7, 11) is 0. The molecule has 42 heavy (non-hydrogen) atoms. The van der Waals surface area contributed by atoms with Crippen LogP contribution in [-0.2, 0) is 25.7 Å². The van der Waals surface area contributed by atoms with Gasteiger partial charge in [0.05, 0.1) is 24.5 Å². The number of nitrogens with zero attached hydrogens (tertiary/aromatic N) is 1. The Hall–Kier alpha value is -3.95. The van der Waals surface area contributed by atoms with E-state index in [1.807, 2.05) is 60.0 Å². The van der Waals surface area contributed by atoms with Gasteiger partial charge in [-0.1, -0.05) is 55.7 Å². The first-order valence-electron chi connectivity index (χ1n) is 14.7. The summed E-state index contributed by atoms with van der Waals surface area (Å²) in [5.41, 5.74) is -0.582. The van der Waals surface area contributed by atoms with Gasteiger partial charge in [0.1, 0.15) is 23.1 Å². The van der Waals surface area contributed by atoms with Gasteiger partial charge in [-0.05, 0) is 60.7 Å². The van der Waals surface area contributed by atoms with Crippen molar-refractivity contribution in [3.8, 4) is 11.5 Å². The molecule has 9 heteroatoms. The molecular formula is C33H33N3O5S. The summed E-state index contributed by atoms with van der Waals surface area (Å²) >= 11 is 1.54. The number of benzene rings is 2. The molecule has 1 aliphatic carbocycles. The normalized spacial score (nSPS) is 28.1. The van der Waals surface area contributed by atoms with Crippen LogP contribution >= 0.6 is 11.3 Å². The van der Waals surface area contributed by atoms with Gasteiger partial charge in [0.2, 0.25) is 17.7 Å². The fourth-order valence-corrected chi connectivity index (χ4v) is 7.69. The monoisotopic (exact) mass is 583 g/mol. The van der Waals surface area contributed by atoms with Crippen molar-refractivity contribution in [2.24, 2.45) is 11.8 Å². The van der Waals surface area contributed by atoms with Crippen molar-refractivity contribution >= 4 is 34.7 Å². The van der Waals surface area contributed by atoms with Crippen molar-refractivity contribution in [1.82, 2.24) is 10.2 Å². The van der Waals surface area contributed by atoms with Crippen molar-refractivity contribution in [1.29, 1.82) is 0 Å². The molecule has 4 aliphatic rings. The van der Waals surface area contributed by atoms with Gasteiger partial charge in [0, 0.05) is 16.6 Å². The van der Waals surface area contributed by atoms with E-state index in [4.69, 9.17) is 9.47 Å². The number of likely N-dealkylation sites (tertiary alicyclic amines) is 1. The SMILES string of the molecule is O=C(Nc1ccc(Oc2ccccc2)cc1)C1[C@H]2C=CC3(O2)C(C(=O)NC2CCCCC2)N(Cc2cccs2)C(=O)[C@@H]13. The molecule has 2 bridgehead atoms. The molecule has 3 amide bonds. The molecule has 8 nitrogen and oxygen atoms in total. The van der Waals surface area contributed by atoms with Crippen LogP contribution in [0.1, 0.15) is 37.0 Å². The van der Waals surface area contributed by atoms with Gasteiger partial charge in [0.15, 0.2) is 0 Å². The molecule has 3 aromatic rings. The lowest BCUT2D eigenvalue weighted by Crippen LogP contribution is -2.56. The first-order valence-corrected chi connectivity index (χ1v) is 15.5. The molecular weight excluding hydrogens is 550 g/mol. The average Bonchev–Trinajstić information content (AvgIpc) is 3.78. The summed E-state index contributed by atoms with van der Waals surface area (Å²) in [6.45, 7) is 0.302. The number of carbonyl (C=O) groups excluding carboxylic acids is 3. The molecule has 1 spiro atoms. The van der Waals surface area contributed by atoms with Crippen molar-refractivity contribution < 1.29 is 23.9 Å². The first kappa shape index (κ1) is 26.9. The number of carbonyl (C=O) groups is 3. The number of rotatable bonds is 8. The molecule has 3 unspecified atom stereocenters. The predicted molar refractivity (Wildman–Crippen MR) is 159 cm³/mol. The number of para-hydroxylation sites is 1. The summed E-state index contributed by atoms with van der Waals surface area (Å²) in [6.07, 6.45) is 8.36. The number of nitrogens with one attached hydrogen (secondary N) is 2. The van der Waals surface area contributed by atoms with Crippen LogP contribution in [0.2, 0.25) is 0 Å². The third kappa shape index (κ3) is 4.80. The van der Waals surface area contributed by atoms with Gasteiger partial charge in [-0.3, -0.25) is 14.4 Å². The molecule has 3 fully saturated rings. The molecule has 4 heterocycles. The number of amides is 3. The van der Waals surface area contributed by atoms with Gasteiger partial charge < -0.3 is 25.0 Å². The Morgan fingerprint density at radius 3 is 2.45 bits per heavy atom. The minimum atomic E-state index is -1.17. The van der Waals surface area contributed by atoms with Gasteiger partial charge in [0.25, 0.3) is 0 Å². The molecule has 2 N–H and O–H groups in total. The van der Waals surface area contributed by atoms with Gasteiger partial charge in [-0.2, -0.15) is 0 Å². The quantitative estimate of drug-likeness (QED) is 0.352. The lowest BCUT2D eigenvalue weighted by atomic mass is 9.74. The molecule has 1 saturated carbocycles. The first-order chi connectivity index (χ1) is 20.5. The summed E-state index contributed by atoms with van der Waals surface area (Å²) in [5, 5.41) is 8.17. The Morgan fingerprint density at radius 2 is 1.71 bits per heavy atom. The van der Waals surface area contributed by atoms with E-state index < -0.39 is 29.6 Å². The standard InChI is InChI=1S/C33H33N3O5S/c37-30(34-22-13-15-24(16-14-22)40-23-10-5-2-6-11-23)27-26-17-18-33(41-26)28(27)32(39)36(20-25-12-7-19-42-25)29(33)31(38)35-21-8-3-1-4-9-21/h2,5-7,10-19,21,26-29H,1,3-4,8-9,20H2,(H,34,37)(H,35,38)/t26-,27?,28-,29?,33?/m1/s1. The van der Waals surface area contributed by atoms with Gasteiger partial charge in [-0.15, -0.1) is 11.3 Å². The second-order valence-corrected chi connectivity index (χ2v) is 12.6. The third-order valence-electron chi connectivity index (χ3n) is 8.88. The Morgan fingerprint density at radius 1 is 0.952 bits per heavy atom. The van der Waals surface area contributed by atoms with Crippen LogP contribution in [0.3, 0.4) is 0 Å². The number of thiophene rings is 1. The Kier molecular flexibility index (Phi) is 7.07. The largest absolute Gasteiger partial charge is 0.457 e. The van der Waals surface area contributed by atoms with E-state index in [0.717, 1.165) is 36.3 Å². The van der Waals surface area contributed by atoms with Crippen molar-refractivity contribution in [2.75, 3.05) is 5.32 Å². The number of hydrogen-bond donors (Lipinski definition) is 2. The van der Waals surface area contributed by atoms with Crippen LogP contribution in [0.25, 0.3) is 0 Å². The Labute approximate surface area is 248 Å². The van der Waals surface area contributed by atoms with Crippen LogP contribution < -0.4 is 15.4 Å². The van der Waals surface area contributed by atoms with Crippen LogP contribution in [-0.4, -0.2) is 46.4 Å². The van der Waals surface area contributed by atoms with Gasteiger partial charge in [-0.25, -0.2) is 0 Å². The van der Waals surface area contributed by atoms with Crippen molar-refractivity contribution in [3.05, 3.63) is 89.1 Å². The second kappa shape index (κ2) is 11.0. The summed E-state index contributed by atoms with van der Waals surface area (Å²) in [6, 6.07) is 19.7. The van der Waals surface area contributed by atoms with Crippen LogP contribution in [0.15, 0.2) is 84.3 Å². The van der Waals surface area contributed by atoms with E-state index in [1.165, 1.54) is 6.42 Å². The number of ether oxygens (including phenoxy) is 2. The highest BCUT2D eigenvalue weighted by molar-refractivity contribution is 7.09. The molecule has 7 rings (SSSR count). The molecule has 216 valence electrons. The summed E-state index contributed by atoms with van der Waals surface area (Å²) in [4.78, 5) is 44.4. The Bertz CT molecular complexity index is 1490. The van der Waals surface area contributed by atoms with Crippen LogP contribution in [0.5, 0.6) is 11.5 Å². The highest BCUT2D eigenvalue weighted by Gasteiger charge is 2.72. The fraction of sp³-hybridized carbons (Fsp3) is 0.364. The molecule has 2 aromatic carbocycles. The maximum absolute atomic E-state index is 14.1. The number of hydrogen-bond acceptors (Lipinski definition) is 6.